The molecule has 0 saturated heterocycles. The Kier molecular flexibility index (Phi) is 4.43. The molecule has 0 N–H and O–H groups in total. The third-order valence-corrected chi connectivity index (χ3v) is 2.33. The fourth-order valence-corrected chi connectivity index (χ4v) is 1.42. The van der Waals surface area contributed by atoms with E-state index in [0.717, 1.165) is 0 Å². The van der Waals surface area contributed by atoms with Crippen LogP contribution in [0.5, 0.6) is 0 Å². The van der Waals surface area contributed by atoms with Crippen molar-refractivity contribution in [3.05, 3.63) is 41.2 Å². The number of nitrogens with zero attached hydrogens (tertiary/aromatic N) is 1. The van der Waals surface area contributed by atoms with Gasteiger partial charge in [-0.05, 0) is 18.4 Å². The van der Waals surface area contributed by atoms with Crippen molar-refractivity contribution in [2.75, 3.05) is 0 Å². The highest BCUT2D eigenvalue weighted by atomic mass is 19.2. The first kappa shape index (κ1) is 14.2. The number of allylic oxidation sites excluding steroid dienone is 1. The van der Waals surface area contributed by atoms with Crippen molar-refractivity contribution in [3.63, 3.8) is 0 Å². The molecule has 0 radical (unpaired) electrons. The highest BCUT2D eigenvalue weighted by molar-refractivity contribution is 5.64. The Bertz CT molecular complexity index is 501. The molecule has 96 valence electrons. The highest BCUT2D eigenvalue weighted by Crippen LogP contribution is 2.29. The third kappa shape index (κ3) is 2.50. The minimum Gasteiger partial charge on any atom is -0.203 e. The minimum absolute atomic E-state index is 0.0219. The molecular weight excluding hydrogens is 253 g/mol. The number of unbranched alkanes of at least 4 members (excludes halogenated alkanes) is 1. The van der Waals surface area contributed by atoms with E-state index in [1.165, 1.54) is 0 Å². The van der Waals surface area contributed by atoms with Gasteiger partial charge in [0.15, 0.2) is 23.3 Å². The van der Waals surface area contributed by atoms with E-state index in [9.17, 15) is 22.0 Å². The zero-order chi connectivity index (χ0) is 13.9. The molecule has 18 heavy (non-hydrogen) atoms. The molecule has 0 aliphatic carbocycles. The molecule has 1 rings (SSSR count). The quantitative estimate of drug-likeness (QED) is 0.346. The molecule has 0 fully saturated rings. The van der Waals surface area contributed by atoms with Gasteiger partial charge in [0.2, 0.25) is 5.82 Å². The van der Waals surface area contributed by atoms with Crippen LogP contribution in [-0.2, 0) is 0 Å². The van der Waals surface area contributed by atoms with Crippen molar-refractivity contribution in [1.82, 2.24) is 0 Å². The fraction of sp³-hybridized carbons (Fsp3) is 0.250. The maximum Gasteiger partial charge on any atom is 0.200 e. The molecule has 0 spiro atoms. The number of halogens is 5. The largest absolute Gasteiger partial charge is 0.203 e. The van der Waals surface area contributed by atoms with Gasteiger partial charge in [-0.3, -0.25) is 0 Å². The molecule has 1 aromatic rings. The second-order valence-corrected chi connectivity index (χ2v) is 3.56. The molecule has 6 heteroatoms. The summed E-state index contributed by atoms with van der Waals surface area (Å²) < 4.78 is 65.2. The third-order valence-electron chi connectivity index (χ3n) is 2.33. The lowest BCUT2D eigenvalue weighted by atomic mass is 10.00. The number of nitriles is 1. The smallest absolute Gasteiger partial charge is 0.200 e. The minimum atomic E-state index is -2.20. The lowest BCUT2D eigenvalue weighted by Gasteiger charge is -2.10. The molecule has 0 bridgehead atoms. The van der Waals surface area contributed by atoms with Crippen LogP contribution in [0.15, 0.2) is 6.58 Å². The van der Waals surface area contributed by atoms with E-state index in [1.54, 1.807) is 6.07 Å². The molecule has 0 aliphatic heterocycles. The van der Waals surface area contributed by atoms with E-state index in [4.69, 9.17) is 5.26 Å². The van der Waals surface area contributed by atoms with Crippen LogP contribution < -0.4 is 0 Å². The SMILES string of the molecule is C=C(CCCC#N)c1c(F)c(F)c(F)c(F)c1F. The van der Waals surface area contributed by atoms with Gasteiger partial charge in [-0.25, -0.2) is 22.0 Å². The topological polar surface area (TPSA) is 23.8 Å². The van der Waals surface area contributed by atoms with Gasteiger partial charge < -0.3 is 0 Å². The lowest BCUT2D eigenvalue weighted by Crippen LogP contribution is -2.06. The van der Waals surface area contributed by atoms with Crippen LogP contribution in [0, 0.1) is 40.4 Å². The van der Waals surface area contributed by atoms with E-state index in [2.05, 4.69) is 6.58 Å². The predicted octanol–water partition coefficient (Wildman–Crippen LogP) is 4.09. The van der Waals surface area contributed by atoms with Gasteiger partial charge in [0.05, 0.1) is 11.6 Å². The van der Waals surface area contributed by atoms with Crippen molar-refractivity contribution in [2.24, 2.45) is 0 Å². The maximum absolute atomic E-state index is 13.3. The van der Waals surface area contributed by atoms with E-state index in [0.29, 0.717) is 0 Å². The Morgan fingerprint density at radius 2 is 1.39 bits per heavy atom. The summed E-state index contributed by atoms with van der Waals surface area (Å²) in [5.41, 5.74) is -1.23. The zero-order valence-corrected chi connectivity index (χ0v) is 9.17. The van der Waals surface area contributed by atoms with Crippen molar-refractivity contribution in [3.8, 4) is 6.07 Å². The standard InChI is InChI=1S/C12H8F5N/c1-6(4-2-3-5-18)7-8(13)10(15)12(17)11(16)9(7)14/h1-4H2. The van der Waals surface area contributed by atoms with Crippen LogP contribution in [0.4, 0.5) is 22.0 Å². The van der Waals surface area contributed by atoms with Gasteiger partial charge >= 0.3 is 0 Å². The lowest BCUT2D eigenvalue weighted by molar-refractivity contribution is 0.376. The number of hydrogen-bond donors (Lipinski definition) is 0. The number of rotatable bonds is 4. The second kappa shape index (κ2) is 5.63. The van der Waals surface area contributed by atoms with Gasteiger partial charge in [0.25, 0.3) is 0 Å². The van der Waals surface area contributed by atoms with E-state index in [-0.39, 0.29) is 24.8 Å². The number of benzene rings is 1. The van der Waals surface area contributed by atoms with Crippen molar-refractivity contribution >= 4 is 5.57 Å². The van der Waals surface area contributed by atoms with Crippen LogP contribution in [0.3, 0.4) is 0 Å². The van der Waals surface area contributed by atoms with Crippen LogP contribution >= 0.6 is 0 Å². The Morgan fingerprint density at radius 3 is 1.83 bits per heavy atom. The van der Waals surface area contributed by atoms with Crippen molar-refractivity contribution in [1.29, 1.82) is 5.26 Å². The predicted molar refractivity (Wildman–Crippen MR) is 54.7 cm³/mol. The summed E-state index contributed by atoms with van der Waals surface area (Å²) in [4.78, 5) is 0. The summed E-state index contributed by atoms with van der Waals surface area (Å²) in [5, 5.41) is 8.29. The van der Waals surface area contributed by atoms with Crippen LogP contribution in [-0.4, -0.2) is 0 Å². The first-order chi connectivity index (χ1) is 8.41. The van der Waals surface area contributed by atoms with Gasteiger partial charge in [-0.2, -0.15) is 5.26 Å². The summed E-state index contributed by atoms with van der Waals surface area (Å²) in [7, 11) is 0. The first-order valence-electron chi connectivity index (χ1n) is 4.98. The molecule has 0 saturated carbocycles. The van der Waals surface area contributed by atoms with Gasteiger partial charge in [-0.15, -0.1) is 0 Å². The average molecular weight is 261 g/mol. The molecule has 0 amide bonds. The summed E-state index contributed by atoms with van der Waals surface area (Å²) >= 11 is 0. The summed E-state index contributed by atoms with van der Waals surface area (Å²) in [6.07, 6.45) is 0.315. The molecule has 0 atom stereocenters. The molecule has 0 aliphatic rings. The molecule has 1 nitrogen and oxygen atoms in total. The Balaban J connectivity index is 3.17. The average Bonchev–Trinajstić information content (AvgIpc) is 2.34. The van der Waals surface area contributed by atoms with Crippen molar-refractivity contribution in [2.45, 2.75) is 19.3 Å². The maximum atomic E-state index is 13.3. The van der Waals surface area contributed by atoms with Gasteiger partial charge in [0.1, 0.15) is 0 Å². The summed E-state index contributed by atoms with van der Waals surface area (Å²) in [6, 6.07) is 1.80. The molecule has 0 aromatic heterocycles. The Labute approximate surface area is 100 Å². The van der Waals surface area contributed by atoms with E-state index in [1.807, 2.05) is 0 Å². The van der Waals surface area contributed by atoms with Crippen LogP contribution in [0.2, 0.25) is 0 Å². The second-order valence-electron chi connectivity index (χ2n) is 3.56. The molecular formula is C12H8F5N. The zero-order valence-electron chi connectivity index (χ0n) is 9.17. The summed E-state index contributed by atoms with van der Waals surface area (Å²) in [5.74, 6) is -9.98. The monoisotopic (exact) mass is 261 g/mol. The number of hydrogen-bond acceptors (Lipinski definition) is 1. The first-order valence-corrected chi connectivity index (χ1v) is 4.98. The van der Waals surface area contributed by atoms with Gasteiger partial charge in [0, 0.05) is 6.42 Å². The molecule has 0 heterocycles. The Morgan fingerprint density at radius 1 is 0.944 bits per heavy atom. The molecule has 1 aromatic carbocycles. The van der Waals surface area contributed by atoms with Crippen LogP contribution in [0.1, 0.15) is 24.8 Å². The van der Waals surface area contributed by atoms with Crippen molar-refractivity contribution < 1.29 is 22.0 Å². The molecule has 0 unspecified atom stereocenters. The normalized spacial score (nSPS) is 10.2. The van der Waals surface area contributed by atoms with E-state index < -0.39 is 34.6 Å². The fourth-order valence-electron chi connectivity index (χ4n) is 1.42. The van der Waals surface area contributed by atoms with Crippen LogP contribution in [0.25, 0.3) is 5.57 Å². The van der Waals surface area contributed by atoms with Gasteiger partial charge in [-0.1, -0.05) is 6.58 Å². The Hall–Kier alpha value is -1.90. The van der Waals surface area contributed by atoms with E-state index >= 15 is 0 Å². The highest BCUT2D eigenvalue weighted by Gasteiger charge is 2.26. The summed E-state index contributed by atoms with van der Waals surface area (Å²) in [6.45, 7) is 3.29.